The molecule has 0 bridgehead atoms. The fraction of sp³-hybridized carbons (Fsp3) is 0.333. The zero-order chi connectivity index (χ0) is 7.56. The number of hydrogen-bond donors (Lipinski definition) is 0. The number of halogens is 2. The Kier molecular flexibility index (Phi) is 2.80. The van der Waals surface area contributed by atoms with E-state index in [9.17, 15) is 0 Å². The molecule has 1 aromatic rings. The molecule has 0 atom stereocenters. The zero-order valence-corrected chi connectivity index (χ0v) is 8.61. The van der Waals surface area contributed by atoms with Crippen LogP contribution in [0.5, 0.6) is 0 Å². The summed E-state index contributed by atoms with van der Waals surface area (Å²) >= 11 is 6.53. The maximum Gasteiger partial charge on any atom is 0.196 e. The van der Waals surface area contributed by atoms with Gasteiger partial charge in [0.15, 0.2) is 4.73 Å². The SMILES string of the molecule is Cc1nc(Br)ncc1CBr. The van der Waals surface area contributed by atoms with E-state index >= 15 is 0 Å². The van der Waals surface area contributed by atoms with Crippen LogP contribution in [0, 0.1) is 6.92 Å². The molecule has 0 aliphatic heterocycles. The molecule has 1 heterocycles. The van der Waals surface area contributed by atoms with Gasteiger partial charge in [-0.15, -0.1) is 0 Å². The number of alkyl halides is 1. The summed E-state index contributed by atoms with van der Waals surface area (Å²) in [5.74, 6) is 0. The lowest BCUT2D eigenvalue weighted by Crippen LogP contribution is -1.91. The van der Waals surface area contributed by atoms with Crippen molar-refractivity contribution < 1.29 is 0 Å². The molecule has 0 saturated carbocycles. The zero-order valence-electron chi connectivity index (χ0n) is 5.43. The van der Waals surface area contributed by atoms with Crippen LogP contribution in [-0.4, -0.2) is 9.97 Å². The molecule has 0 amide bonds. The lowest BCUT2D eigenvalue weighted by molar-refractivity contribution is 1.02. The van der Waals surface area contributed by atoms with Gasteiger partial charge in [-0.2, -0.15) is 0 Å². The topological polar surface area (TPSA) is 25.8 Å². The monoisotopic (exact) mass is 264 g/mol. The lowest BCUT2D eigenvalue weighted by atomic mass is 10.3. The first-order chi connectivity index (χ1) is 4.74. The van der Waals surface area contributed by atoms with Crippen molar-refractivity contribution in [1.82, 2.24) is 9.97 Å². The van der Waals surface area contributed by atoms with Gasteiger partial charge in [0, 0.05) is 22.8 Å². The molecule has 0 aromatic carbocycles. The highest BCUT2D eigenvalue weighted by Gasteiger charge is 1.97. The molecule has 1 aromatic heterocycles. The van der Waals surface area contributed by atoms with Crippen molar-refractivity contribution in [2.75, 3.05) is 0 Å². The van der Waals surface area contributed by atoms with Gasteiger partial charge in [0.2, 0.25) is 0 Å². The van der Waals surface area contributed by atoms with Crippen molar-refractivity contribution in [2.45, 2.75) is 12.3 Å². The van der Waals surface area contributed by atoms with Crippen molar-refractivity contribution in [2.24, 2.45) is 0 Å². The second-order valence-corrected chi connectivity index (χ2v) is 3.15. The van der Waals surface area contributed by atoms with E-state index in [1.165, 1.54) is 0 Å². The average Bonchev–Trinajstić information content (AvgIpc) is 1.88. The Morgan fingerprint density at radius 3 is 2.80 bits per heavy atom. The number of hydrogen-bond acceptors (Lipinski definition) is 2. The Balaban J connectivity index is 3.07. The van der Waals surface area contributed by atoms with Crippen molar-refractivity contribution >= 4 is 31.9 Å². The van der Waals surface area contributed by atoms with Gasteiger partial charge in [-0.25, -0.2) is 9.97 Å². The molecular formula is C6H6Br2N2. The maximum atomic E-state index is 4.12. The summed E-state index contributed by atoms with van der Waals surface area (Å²) < 4.78 is 0.648. The Bertz CT molecular complexity index is 237. The van der Waals surface area contributed by atoms with Crippen LogP contribution >= 0.6 is 31.9 Å². The molecule has 0 spiro atoms. The second kappa shape index (κ2) is 3.44. The molecule has 0 unspecified atom stereocenters. The number of aromatic nitrogens is 2. The largest absolute Gasteiger partial charge is 0.230 e. The van der Waals surface area contributed by atoms with Crippen LogP contribution in [0.1, 0.15) is 11.3 Å². The standard InChI is InChI=1S/C6H6Br2N2/c1-4-5(2-7)3-9-6(8)10-4/h3H,2H2,1H3. The van der Waals surface area contributed by atoms with E-state index in [4.69, 9.17) is 0 Å². The minimum Gasteiger partial charge on any atom is -0.230 e. The Hall–Kier alpha value is 0.0400. The third-order valence-electron chi connectivity index (χ3n) is 1.20. The van der Waals surface area contributed by atoms with E-state index < -0.39 is 0 Å². The normalized spacial score (nSPS) is 9.90. The molecule has 0 fully saturated rings. The van der Waals surface area contributed by atoms with Gasteiger partial charge in [0.25, 0.3) is 0 Å². The van der Waals surface area contributed by atoms with Gasteiger partial charge in [0.1, 0.15) is 0 Å². The van der Waals surface area contributed by atoms with Crippen LogP contribution < -0.4 is 0 Å². The third-order valence-corrected chi connectivity index (χ3v) is 2.18. The van der Waals surface area contributed by atoms with E-state index in [0.29, 0.717) is 4.73 Å². The molecular weight excluding hydrogens is 260 g/mol. The van der Waals surface area contributed by atoms with E-state index in [2.05, 4.69) is 41.8 Å². The molecule has 0 N–H and O–H groups in total. The fourth-order valence-corrected chi connectivity index (χ4v) is 1.51. The number of aryl methyl sites for hydroxylation is 1. The molecule has 1 rings (SSSR count). The van der Waals surface area contributed by atoms with Gasteiger partial charge in [-0.05, 0) is 22.9 Å². The van der Waals surface area contributed by atoms with Crippen LogP contribution in [0.2, 0.25) is 0 Å². The van der Waals surface area contributed by atoms with Crippen molar-refractivity contribution in [1.29, 1.82) is 0 Å². The summed E-state index contributed by atoms with van der Waals surface area (Å²) in [5, 5.41) is 0.812. The fourth-order valence-electron chi connectivity index (χ4n) is 0.595. The third kappa shape index (κ3) is 1.76. The second-order valence-electron chi connectivity index (χ2n) is 1.88. The first-order valence-corrected chi connectivity index (χ1v) is 4.69. The summed E-state index contributed by atoms with van der Waals surface area (Å²) in [6, 6.07) is 0. The summed E-state index contributed by atoms with van der Waals surface area (Å²) in [6.45, 7) is 1.96. The lowest BCUT2D eigenvalue weighted by Gasteiger charge is -1.98. The Labute approximate surface area is 76.3 Å². The van der Waals surface area contributed by atoms with Gasteiger partial charge < -0.3 is 0 Å². The molecule has 0 radical (unpaired) electrons. The van der Waals surface area contributed by atoms with E-state index in [1.807, 2.05) is 6.92 Å². The summed E-state index contributed by atoms with van der Waals surface area (Å²) in [4.78, 5) is 8.11. The summed E-state index contributed by atoms with van der Waals surface area (Å²) in [6.07, 6.45) is 1.81. The quantitative estimate of drug-likeness (QED) is 0.576. The van der Waals surface area contributed by atoms with Gasteiger partial charge in [-0.1, -0.05) is 15.9 Å². The van der Waals surface area contributed by atoms with E-state index in [-0.39, 0.29) is 0 Å². The van der Waals surface area contributed by atoms with Gasteiger partial charge in [0.05, 0.1) is 0 Å². The summed E-state index contributed by atoms with van der Waals surface area (Å²) in [7, 11) is 0. The maximum absolute atomic E-state index is 4.12. The highest BCUT2D eigenvalue weighted by atomic mass is 79.9. The first kappa shape index (κ1) is 8.14. The molecule has 0 aliphatic carbocycles. The number of nitrogens with zero attached hydrogens (tertiary/aromatic N) is 2. The number of rotatable bonds is 1. The minimum atomic E-state index is 0.648. The molecule has 2 nitrogen and oxygen atoms in total. The van der Waals surface area contributed by atoms with Crippen molar-refractivity contribution in [3.63, 3.8) is 0 Å². The summed E-state index contributed by atoms with van der Waals surface area (Å²) in [5.41, 5.74) is 2.14. The Morgan fingerprint density at radius 1 is 1.60 bits per heavy atom. The van der Waals surface area contributed by atoms with Crippen LogP contribution in [0.25, 0.3) is 0 Å². The van der Waals surface area contributed by atoms with E-state index in [0.717, 1.165) is 16.6 Å². The minimum absolute atomic E-state index is 0.648. The van der Waals surface area contributed by atoms with Crippen LogP contribution in [0.15, 0.2) is 10.9 Å². The molecule has 10 heavy (non-hydrogen) atoms. The van der Waals surface area contributed by atoms with Crippen LogP contribution in [-0.2, 0) is 5.33 Å². The average molecular weight is 266 g/mol. The predicted octanol–water partition coefficient (Wildman–Crippen LogP) is 2.44. The van der Waals surface area contributed by atoms with Crippen molar-refractivity contribution in [3.05, 3.63) is 22.2 Å². The van der Waals surface area contributed by atoms with Gasteiger partial charge in [-0.3, -0.25) is 0 Å². The van der Waals surface area contributed by atoms with Crippen LogP contribution in [0.3, 0.4) is 0 Å². The van der Waals surface area contributed by atoms with E-state index in [1.54, 1.807) is 6.20 Å². The highest BCUT2D eigenvalue weighted by Crippen LogP contribution is 2.10. The smallest absolute Gasteiger partial charge is 0.196 e. The predicted molar refractivity (Wildman–Crippen MR) is 47.1 cm³/mol. The first-order valence-electron chi connectivity index (χ1n) is 2.78. The molecule has 4 heteroatoms. The van der Waals surface area contributed by atoms with Crippen molar-refractivity contribution in [3.8, 4) is 0 Å². The molecule has 0 saturated heterocycles. The Morgan fingerprint density at radius 2 is 2.30 bits per heavy atom. The molecule has 54 valence electrons. The molecule has 0 aliphatic rings. The van der Waals surface area contributed by atoms with Crippen LogP contribution in [0.4, 0.5) is 0 Å². The highest BCUT2D eigenvalue weighted by molar-refractivity contribution is 9.10. The van der Waals surface area contributed by atoms with Gasteiger partial charge >= 0.3 is 0 Å².